The monoisotopic (exact) mass is 235 g/mol. The van der Waals surface area contributed by atoms with E-state index in [-0.39, 0.29) is 0 Å². The predicted molar refractivity (Wildman–Crippen MR) is 66.0 cm³/mol. The summed E-state index contributed by atoms with van der Waals surface area (Å²) < 4.78 is 4.68. The molecule has 1 saturated carbocycles. The maximum absolute atomic E-state index is 11.5. The van der Waals surface area contributed by atoms with Gasteiger partial charge in [0.15, 0.2) is 5.82 Å². The van der Waals surface area contributed by atoms with Crippen LogP contribution < -0.4 is 10.6 Å². The lowest BCUT2D eigenvalue weighted by atomic mass is 10.2. The molecular weight excluding hydrogens is 218 g/mol. The Morgan fingerprint density at radius 1 is 1.65 bits per heavy atom. The number of nitrogens with two attached hydrogens (primary N) is 1. The van der Waals surface area contributed by atoms with Gasteiger partial charge in [-0.2, -0.15) is 0 Å². The smallest absolute Gasteiger partial charge is 0.340 e. The minimum atomic E-state index is -0.425. The molecule has 2 rings (SSSR count). The van der Waals surface area contributed by atoms with Crippen LogP contribution in [-0.4, -0.2) is 31.7 Å². The Kier molecular flexibility index (Phi) is 3.17. The normalized spacial score (nSPS) is 14.5. The number of carbonyl (C=O) groups is 1. The summed E-state index contributed by atoms with van der Waals surface area (Å²) in [5.74, 6) is 0.966. The summed E-state index contributed by atoms with van der Waals surface area (Å²) in [6.07, 6.45) is 4.11. The third-order valence-electron chi connectivity index (χ3n) is 2.96. The number of hydrogen-bond acceptors (Lipinski definition) is 5. The van der Waals surface area contributed by atoms with E-state index >= 15 is 0 Å². The van der Waals surface area contributed by atoms with Gasteiger partial charge in [-0.05, 0) is 24.8 Å². The first kappa shape index (κ1) is 11.7. The van der Waals surface area contributed by atoms with Crippen molar-refractivity contribution in [2.45, 2.75) is 12.8 Å². The summed E-state index contributed by atoms with van der Waals surface area (Å²) in [6.45, 7) is 0.932. The molecule has 1 aromatic heterocycles. The van der Waals surface area contributed by atoms with Crippen molar-refractivity contribution in [3.05, 3.63) is 17.8 Å². The lowest BCUT2D eigenvalue weighted by Crippen LogP contribution is -2.23. The van der Waals surface area contributed by atoms with E-state index in [0.717, 1.165) is 12.5 Å². The highest BCUT2D eigenvalue weighted by atomic mass is 16.5. The van der Waals surface area contributed by atoms with Gasteiger partial charge in [0.25, 0.3) is 0 Å². The molecule has 0 aromatic carbocycles. The van der Waals surface area contributed by atoms with Crippen LogP contribution in [0, 0.1) is 5.92 Å². The van der Waals surface area contributed by atoms with Gasteiger partial charge in [-0.3, -0.25) is 0 Å². The van der Waals surface area contributed by atoms with Crippen LogP contribution in [0.1, 0.15) is 23.2 Å². The summed E-state index contributed by atoms with van der Waals surface area (Å²) >= 11 is 0. The van der Waals surface area contributed by atoms with E-state index in [1.165, 1.54) is 20.0 Å². The van der Waals surface area contributed by atoms with Crippen molar-refractivity contribution in [1.82, 2.24) is 4.98 Å². The Labute approximate surface area is 101 Å². The summed E-state index contributed by atoms with van der Waals surface area (Å²) in [7, 11) is 3.29. The van der Waals surface area contributed by atoms with Gasteiger partial charge in [0, 0.05) is 19.8 Å². The van der Waals surface area contributed by atoms with Gasteiger partial charge >= 0.3 is 5.97 Å². The molecule has 0 unspecified atom stereocenters. The number of aromatic nitrogens is 1. The maximum Gasteiger partial charge on any atom is 0.340 e. The predicted octanol–water partition coefficient (Wildman–Crippen LogP) is 1.30. The highest BCUT2D eigenvalue weighted by molar-refractivity contribution is 5.97. The third-order valence-corrected chi connectivity index (χ3v) is 2.96. The number of hydrogen-bond donors (Lipinski definition) is 1. The van der Waals surface area contributed by atoms with Gasteiger partial charge in [0.05, 0.1) is 18.4 Å². The highest BCUT2D eigenvalue weighted by Crippen LogP contribution is 2.32. The van der Waals surface area contributed by atoms with E-state index in [0.29, 0.717) is 17.1 Å². The molecule has 17 heavy (non-hydrogen) atoms. The largest absolute Gasteiger partial charge is 0.465 e. The van der Waals surface area contributed by atoms with Crippen LogP contribution in [0.15, 0.2) is 12.3 Å². The average Bonchev–Trinajstić information content (AvgIpc) is 3.12. The van der Waals surface area contributed by atoms with Crippen LogP contribution in [0.3, 0.4) is 0 Å². The van der Waals surface area contributed by atoms with Crippen LogP contribution in [-0.2, 0) is 4.74 Å². The van der Waals surface area contributed by atoms with Gasteiger partial charge < -0.3 is 15.4 Å². The number of ether oxygens (including phenoxy) is 1. The lowest BCUT2D eigenvalue weighted by molar-refractivity contribution is 0.0602. The summed E-state index contributed by atoms with van der Waals surface area (Å²) in [5, 5.41) is 0. The second-order valence-corrected chi connectivity index (χ2v) is 4.41. The van der Waals surface area contributed by atoms with E-state index in [1.807, 2.05) is 11.9 Å². The number of rotatable bonds is 4. The topological polar surface area (TPSA) is 68.5 Å². The average molecular weight is 235 g/mol. The number of nitrogens with zero attached hydrogens (tertiary/aromatic N) is 2. The van der Waals surface area contributed by atoms with E-state index in [2.05, 4.69) is 9.72 Å². The first-order valence-corrected chi connectivity index (χ1v) is 5.67. The molecule has 5 heteroatoms. The van der Waals surface area contributed by atoms with Crippen LogP contribution in [0.4, 0.5) is 11.5 Å². The van der Waals surface area contributed by atoms with Gasteiger partial charge in [-0.1, -0.05) is 0 Å². The fourth-order valence-electron chi connectivity index (χ4n) is 1.83. The maximum atomic E-state index is 11.5. The fraction of sp³-hybridized carbons (Fsp3) is 0.500. The van der Waals surface area contributed by atoms with Crippen molar-refractivity contribution >= 4 is 17.5 Å². The number of anilines is 2. The van der Waals surface area contributed by atoms with Crippen molar-refractivity contribution in [3.63, 3.8) is 0 Å². The Bertz CT molecular complexity index is 430. The zero-order valence-electron chi connectivity index (χ0n) is 10.1. The second-order valence-electron chi connectivity index (χ2n) is 4.41. The molecule has 5 nitrogen and oxygen atoms in total. The molecule has 2 N–H and O–H groups in total. The lowest BCUT2D eigenvalue weighted by Gasteiger charge is -2.20. The summed E-state index contributed by atoms with van der Waals surface area (Å²) in [5.41, 5.74) is 6.72. The quantitative estimate of drug-likeness (QED) is 0.796. The van der Waals surface area contributed by atoms with E-state index in [4.69, 9.17) is 5.73 Å². The van der Waals surface area contributed by atoms with Gasteiger partial charge in [0.2, 0.25) is 0 Å². The second kappa shape index (κ2) is 4.61. The number of pyridine rings is 1. The molecule has 0 amide bonds. The zero-order chi connectivity index (χ0) is 12.4. The molecule has 0 radical (unpaired) electrons. The number of carbonyl (C=O) groups excluding carboxylic acids is 1. The van der Waals surface area contributed by atoms with Crippen molar-refractivity contribution in [3.8, 4) is 0 Å². The summed E-state index contributed by atoms with van der Waals surface area (Å²) in [4.78, 5) is 17.7. The third kappa shape index (κ3) is 2.49. The molecule has 1 aliphatic carbocycles. The first-order valence-electron chi connectivity index (χ1n) is 5.67. The van der Waals surface area contributed by atoms with Crippen molar-refractivity contribution < 1.29 is 9.53 Å². The van der Waals surface area contributed by atoms with Crippen molar-refractivity contribution in [2.24, 2.45) is 5.92 Å². The Hall–Kier alpha value is -1.78. The molecule has 0 saturated heterocycles. The van der Waals surface area contributed by atoms with Gasteiger partial charge in [-0.25, -0.2) is 9.78 Å². The zero-order valence-corrected chi connectivity index (χ0v) is 10.1. The molecule has 0 bridgehead atoms. The Morgan fingerprint density at radius 2 is 2.35 bits per heavy atom. The minimum absolute atomic E-state index is 0.375. The number of nitrogen functional groups attached to an aromatic ring is 1. The van der Waals surface area contributed by atoms with E-state index in [9.17, 15) is 4.79 Å². The molecule has 0 spiro atoms. The number of methoxy groups -OCH3 is 1. The first-order chi connectivity index (χ1) is 8.13. The molecule has 1 heterocycles. The fourth-order valence-corrected chi connectivity index (χ4v) is 1.83. The van der Waals surface area contributed by atoms with E-state index < -0.39 is 5.97 Å². The van der Waals surface area contributed by atoms with Crippen LogP contribution in [0.25, 0.3) is 0 Å². The van der Waals surface area contributed by atoms with E-state index in [1.54, 1.807) is 12.3 Å². The van der Waals surface area contributed by atoms with Gasteiger partial charge in [0.1, 0.15) is 0 Å². The molecular formula is C12H17N3O2. The van der Waals surface area contributed by atoms with Crippen molar-refractivity contribution in [2.75, 3.05) is 31.3 Å². The minimum Gasteiger partial charge on any atom is -0.465 e. The SMILES string of the molecule is COC(=O)c1ccnc(N(C)CC2CC2)c1N. The van der Waals surface area contributed by atoms with Crippen LogP contribution >= 0.6 is 0 Å². The standard InChI is InChI=1S/C12H17N3O2/c1-15(7-8-3-4-8)11-10(13)9(5-6-14-11)12(16)17-2/h5-6,8H,3-4,7,13H2,1-2H3. The molecule has 1 fully saturated rings. The summed E-state index contributed by atoms with van der Waals surface area (Å²) in [6, 6.07) is 1.58. The molecule has 1 aromatic rings. The Morgan fingerprint density at radius 3 is 2.94 bits per heavy atom. The molecule has 0 aliphatic heterocycles. The van der Waals surface area contributed by atoms with Crippen LogP contribution in [0.2, 0.25) is 0 Å². The van der Waals surface area contributed by atoms with Gasteiger partial charge in [-0.15, -0.1) is 0 Å². The molecule has 92 valence electrons. The Balaban J connectivity index is 2.24. The molecule has 0 atom stereocenters. The van der Waals surface area contributed by atoms with Crippen molar-refractivity contribution in [1.29, 1.82) is 0 Å². The molecule has 1 aliphatic rings. The number of esters is 1. The van der Waals surface area contributed by atoms with Crippen LogP contribution in [0.5, 0.6) is 0 Å². The highest BCUT2D eigenvalue weighted by Gasteiger charge is 2.25.